The molecule has 78 valence electrons. The minimum atomic E-state index is -0.172. The van der Waals surface area contributed by atoms with E-state index in [2.05, 4.69) is 10.2 Å². The average Bonchev–Trinajstić information content (AvgIpc) is 2.66. The van der Waals surface area contributed by atoms with Gasteiger partial charge >= 0.3 is 0 Å². The third kappa shape index (κ3) is 1.83. The number of nitrogen functional groups attached to an aromatic ring is 1. The quantitative estimate of drug-likeness (QED) is 0.790. The number of nitrogens with two attached hydrogens (primary N) is 1. The molecule has 0 radical (unpaired) electrons. The first kappa shape index (κ1) is 9.71. The van der Waals surface area contributed by atoms with Gasteiger partial charge in [-0.3, -0.25) is 5.10 Å². The van der Waals surface area contributed by atoms with E-state index in [1.807, 2.05) is 13.0 Å². The Morgan fingerprint density at radius 2 is 2.20 bits per heavy atom. The number of halogens is 1. The summed E-state index contributed by atoms with van der Waals surface area (Å²) in [5.74, 6) is 0.265. The summed E-state index contributed by atoms with van der Waals surface area (Å²) in [5, 5.41) is 6.62. The molecule has 0 saturated carbocycles. The summed E-state index contributed by atoms with van der Waals surface area (Å²) in [6, 6.07) is 6.71. The first-order valence-corrected chi connectivity index (χ1v) is 4.80. The molecule has 1 aromatic carbocycles. The topological polar surface area (TPSA) is 54.7 Å². The van der Waals surface area contributed by atoms with Crippen LogP contribution in [0.5, 0.6) is 0 Å². The van der Waals surface area contributed by atoms with Crippen molar-refractivity contribution in [3.05, 3.63) is 35.6 Å². The van der Waals surface area contributed by atoms with Crippen LogP contribution in [-0.4, -0.2) is 10.2 Å². The number of aromatic amines is 1. The van der Waals surface area contributed by atoms with Gasteiger partial charge in [-0.2, -0.15) is 5.10 Å². The van der Waals surface area contributed by atoms with Crippen LogP contribution in [0.1, 0.15) is 12.5 Å². The average molecular weight is 205 g/mol. The summed E-state index contributed by atoms with van der Waals surface area (Å²) in [7, 11) is 0. The lowest BCUT2D eigenvalue weighted by atomic mass is 10.1. The first-order chi connectivity index (χ1) is 7.20. The molecule has 2 rings (SSSR count). The minimum Gasteiger partial charge on any atom is -0.382 e. The third-order valence-electron chi connectivity index (χ3n) is 2.34. The largest absolute Gasteiger partial charge is 0.382 e. The van der Waals surface area contributed by atoms with E-state index in [9.17, 15) is 4.39 Å². The van der Waals surface area contributed by atoms with Crippen LogP contribution in [0.15, 0.2) is 24.3 Å². The zero-order valence-electron chi connectivity index (χ0n) is 8.42. The zero-order chi connectivity index (χ0) is 10.8. The number of H-pyrrole nitrogens is 1. The lowest BCUT2D eigenvalue weighted by molar-refractivity contribution is 0.612. The summed E-state index contributed by atoms with van der Waals surface area (Å²) in [5.41, 5.74) is 7.90. The van der Waals surface area contributed by atoms with E-state index in [1.165, 1.54) is 6.07 Å². The van der Waals surface area contributed by atoms with E-state index in [4.69, 9.17) is 5.73 Å². The second kappa shape index (κ2) is 3.73. The highest BCUT2D eigenvalue weighted by Crippen LogP contribution is 2.21. The predicted octanol–water partition coefficient (Wildman–Crippen LogP) is 2.36. The molecule has 0 unspecified atom stereocenters. The lowest BCUT2D eigenvalue weighted by Crippen LogP contribution is -1.88. The van der Waals surface area contributed by atoms with Gasteiger partial charge in [-0.05, 0) is 30.2 Å². The number of rotatable bonds is 2. The fraction of sp³-hybridized carbons (Fsp3) is 0.182. The van der Waals surface area contributed by atoms with Crippen LogP contribution in [0.3, 0.4) is 0 Å². The number of anilines is 1. The number of aryl methyl sites for hydroxylation is 1. The Bertz CT molecular complexity index is 476. The molecule has 0 saturated heterocycles. The summed E-state index contributed by atoms with van der Waals surface area (Å²) in [4.78, 5) is 0. The summed E-state index contributed by atoms with van der Waals surface area (Å²) >= 11 is 0. The molecule has 0 atom stereocenters. The molecule has 0 amide bonds. The molecule has 0 aliphatic rings. The van der Waals surface area contributed by atoms with E-state index >= 15 is 0 Å². The lowest BCUT2D eigenvalue weighted by Gasteiger charge is -2.02. The van der Waals surface area contributed by atoms with Crippen LogP contribution in [0, 0.1) is 5.82 Å². The number of aromatic nitrogens is 2. The van der Waals surface area contributed by atoms with Crippen molar-refractivity contribution in [3.8, 4) is 11.3 Å². The van der Waals surface area contributed by atoms with Crippen molar-refractivity contribution in [2.24, 2.45) is 0 Å². The molecule has 3 nitrogen and oxygen atoms in total. The highest BCUT2D eigenvalue weighted by Gasteiger charge is 2.05. The molecule has 0 aliphatic heterocycles. The second-order valence-electron chi connectivity index (χ2n) is 3.37. The Labute approximate surface area is 87.1 Å². The number of nitrogens with one attached hydrogen (secondary N) is 1. The maximum Gasteiger partial charge on any atom is 0.145 e. The summed E-state index contributed by atoms with van der Waals surface area (Å²) in [6.07, 6.45) is 0.670. The molecule has 4 heteroatoms. The zero-order valence-corrected chi connectivity index (χ0v) is 8.42. The summed E-state index contributed by atoms with van der Waals surface area (Å²) < 4.78 is 13.2. The molecule has 0 aliphatic carbocycles. The van der Waals surface area contributed by atoms with Gasteiger partial charge in [0.1, 0.15) is 11.6 Å². The molecule has 15 heavy (non-hydrogen) atoms. The molecule has 0 fully saturated rings. The number of benzene rings is 1. The van der Waals surface area contributed by atoms with E-state index in [0.717, 1.165) is 11.3 Å². The van der Waals surface area contributed by atoms with E-state index < -0.39 is 0 Å². The van der Waals surface area contributed by atoms with Crippen LogP contribution in [0.25, 0.3) is 11.3 Å². The number of nitrogens with zero attached hydrogens (tertiary/aromatic N) is 1. The van der Waals surface area contributed by atoms with Gasteiger partial charge < -0.3 is 5.73 Å². The Morgan fingerprint density at radius 3 is 2.80 bits per heavy atom. The smallest absolute Gasteiger partial charge is 0.145 e. The van der Waals surface area contributed by atoms with Crippen molar-refractivity contribution in [1.29, 1.82) is 0 Å². The van der Waals surface area contributed by atoms with Gasteiger partial charge in [-0.15, -0.1) is 0 Å². The van der Waals surface area contributed by atoms with Crippen molar-refractivity contribution in [2.75, 3.05) is 5.73 Å². The van der Waals surface area contributed by atoms with Gasteiger partial charge in [0, 0.05) is 11.6 Å². The molecule has 2 aromatic rings. The van der Waals surface area contributed by atoms with Crippen molar-refractivity contribution >= 4 is 5.82 Å². The van der Waals surface area contributed by atoms with Crippen LogP contribution in [0.4, 0.5) is 10.2 Å². The standard InChI is InChI=1S/C11H12FN3/c1-2-7-5-8(3-4-9(7)12)10-6-11(13)15-14-10/h3-6H,2H2,1H3,(H3,13,14,15). The molecule has 1 aromatic heterocycles. The minimum absolute atomic E-state index is 0.172. The van der Waals surface area contributed by atoms with Gasteiger partial charge in [0.05, 0.1) is 5.69 Å². The van der Waals surface area contributed by atoms with Crippen molar-refractivity contribution in [2.45, 2.75) is 13.3 Å². The molecular weight excluding hydrogens is 193 g/mol. The van der Waals surface area contributed by atoms with Crippen LogP contribution in [0.2, 0.25) is 0 Å². The monoisotopic (exact) mass is 205 g/mol. The Balaban J connectivity index is 2.45. The van der Waals surface area contributed by atoms with E-state index in [1.54, 1.807) is 12.1 Å². The SMILES string of the molecule is CCc1cc(-c2cc(N)n[nH]2)ccc1F. The van der Waals surface area contributed by atoms with Crippen LogP contribution in [-0.2, 0) is 6.42 Å². The van der Waals surface area contributed by atoms with Gasteiger partial charge in [-0.1, -0.05) is 6.92 Å². The fourth-order valence-corrected chi connectivity index (χ4v) is 1.50. The van der Waals surface area contributed by atoms with E-state index in [-0.39, 0.29) is 5.82 Å². The second-order valence-corrected chi connectivity index (χ2v) is 3.37. The van der Waals surface area contributed by atoms with Gasteiger partial charge in [0.2, 0.25) is 0 Å². The van der Waals surface area contributed by atoms with Gasteiger partial charge in [-0.25, -0.2) is 4.39 Å². The molecule has 1 heterocycles. The first-order valence-electron chi connectivity index (χ1n) is 4.80. The maximum absolute atomic E-state index is 13.2. The normalized spacial score (nSPS) is 10.5. The molecular formula is C11H12FN3. The van der Waals surface area contributed by atoms with Gasteiger partial charge in [0.25, 0.3) is 0 Å². The van der Waals surface area contributed by atoms with Crippen LogP contribution < -0.4 is 5.73 Å². The summed E-state index contributed by atoms with van der Waals surface area (Å²) in [6.45, 7) is 1.92. The maximum atomic E-state index is 13.2. The Kier molecular flexibility index (Phi) is 2.41. The number of hydrogen-bond donors (Lipinski definition) is 2. The number of hydrogen-bond acceptors (Lipinski definition) is 2. The van der Waals surface area contributed by atoms with Crippen molar-refractivity contribution in [1.82, 2.24) is 10.2 Å². The fourth-order valence-electron chi connectivity index (χ4n) is 1.50. The predicted molar refractivity (Wildman–Crippen MR) is 57.8 cm³/mol. The Hall–Kier alpha value is -1.84. The van der Waals surface area contributed by atoms with Crippen molar-refractivity contribution in [3.63, 3.8) is 0 Å². The van der Waals surface area contributed by atoms with E-state index in [0.29, 0.717) is 17.8 Å². The third-order valence-corrected chi connectivity index (χ3v) is 2.34. The molecule has 0 bridgehead atoms. The molecule has 0 spiro atoms. The highest BCUT2D eigenvalue weighted by atomic mass is 19.1. The van der Waals surface area contributed by atoms with Crippen LogP contribution >= 0.6 is 0 Å². The van der Waals surface area contributed by atoms with Gasteiger partial charge in [0.15, 0.2) is 0 Å². The molecule has 3 N–H and O–H groups in total. The highest BCUT2D eigenvalue weighted by molar-refractivity contribution is 5.62. The Morgan fingerprint density at radius 1 is 1.40 bits per heavy atom. The van der Waals surface area contributed by atoms with Crippen molar-refractivity contribution < 1.29 is 4.39 Å².